The standard InChI is InChI=1S/C4H12NO3.ClH/c1-5(2-6,3-7)4-8;/h6-8H,2-4H2,1H3;1H/q+1;/p-1. The van der Waals surface area contributed by atoms with Gasteiger partial charge in [-0.25, -0.2) is 0 Å². The van der Waals surface area contributed by atoms with E-state index in [1.165, 1.54) is 0 Å². The summed E-state index contributed by atoms with van der Waals surface area (Å²) in [7, 11) is 1.54. The summed E-state index contributed by atoms with van der Waals surface area (Å²) < 4.78 is -0.125. The zero-order valence-corrected chi connectivity index (χ0v) is 6.04. The summed E-state index contributed by atoms with van der Waals surface area (Å²) in [5.74, 6) is 0. The van der Waals surface area contributed by atoms with Crippen molar-refractivity contribution in [3.63, 3.8) is 0 Å². The van der Waals surface area contributed by atoms with E-state index in [4.69, 9.17) is 15.3 Å². The molecule has 58 valence electrons. The quantitative estimate of drug-likeness (QED) is 0.285. The molecule has 0 unspecified atom stereocenters. The molecular weight excluding hydrogens is 146 g/mol. The topological polar surface area (TPSA) is 60.7 Å². The maximum Gasteiger partial charge on any atom is 0.183 e. The molecule has 4 nitrogen and oxygen atoms in total. The van der Waals surface area contributed by atoms with Crippen LogP contribution >= 0.6 is 0 Å². The van der Waals surface area contributed by atoms with E-state index in [0.29, 0.717) is 0 Å². The Kier molecular flexibility index (Phi) is 6.54. The van der Waals surface area contributed by atoms with Crippen LogP contribution in [0.3, 0.4) is 0 Å². The van der Waals surface area contributed by atoms with Crippen molar-refractivity contribution in [3.8, 4) is 0 Å². The largest absolute Gasteiger partial charge is 1.00 e. The van der Waals surface area contributed by atoms with Crippen molar-refractivity contribution >= 4 is 0 Å². The third kappa shape index (κ3) is 3.66. The predicted molar refractivity (Wildman–Crippen MR) is 27.4 cm³/mol. The molecule has 0 saturated carbocycles. The molecule has 5 heteroatoms. The minimum Gasteiger partial charge on any atom is -1.00 e. The van der Waals surface area contributed by atoms with E-state index >= 15 is 0 Å². The fourth-order valence-electron chi connectivity index (χ4n) is 0.134. The number of nitrogens with zero attached hydrogens (tertiary/aromatic N) is 1. The molecular formula is C4H12ClNO3. The minimum absolute atomic E-state index is 0. The summed E-state index contributed by atoms with van der Waals surface area (Å²) >= 11 is 0. The second-order valence-electron chi connectivity index (χ2n) is 2.04. The van der Waals surface area contributed by atoms with E-state index in [0.717, 1.165) is 0 Å². The number of hydrogen-bond donors (Lipinski definition) is 3. The first-order valence-electron chi connectivity index (χ1n) is 2.34. The van der Waals surface area contributed by atoms with Crippen molar-refractivity contribution in [2.75, 3.05) is 27.2 Å². The Bertz CT molecular complexity index is 58.6. The average Bonchev–Trinajstić information content (AvgIpc) is 1.87. The van der Waals surface area contributed by atoms with Gasteiger partial charge in [-0.15, -0.1) is 0 Å². The lowest BCUT2D eigenvalue weighted by Crippen LogP contribution is -3.00. The van der Waals surface area contributed by atoms with Gasteiger partial charge in [0, 0.05) is 0 Å². The molecule has 0 atom stereocenters. The highest BCUT2D eigenvalue weighted by Crippen LogP contribution is 1.93. The summed E-state index contributed by atoms with van der Waals surface area (Å²) in [6.45, 7) is -0.729. The predicted octanol–water partition coefficient (Wildman–Crippen LogP) is -4.71. The average molecular weight is 158 g/mol. The van der Waals surface area contributed by atoms with Crippen molar-refractivity contribution in [1.29, 1.82) is 0 Å². The van der Waals surface area contributed by atoms with Gasteiger partial charge >= 0.3 is 0 Å². The molecule has 0 saturated heterocycles. The summed E-state index contributed by atoms with van der Waals surface area (Å²) in [4.78, 5) is 0. The highest BCUT2D eigenvalue weighted by molar-refractivity contribution is 4.06. The molecule has 0 radical (unpaired) electrons. The van der Waals surface area contributed by atoms with Crippen LogP contribution in [-0.4, -0.2) is 47.0 Å². The van der Waals surface area contributed by atoms with Crippen LogP contribution in [0.2, 0.25) is 0 Å². The fourth-order valence-corrected chi connectivity index (χ4v) is 0.134. The van der Waals surface area contributed by atoms with Crippen LogP contribution in [0.4, 0.5) is 0 Å². The summed E-state index contributed by atoms with van der Waals surface area (Å²) in [6.07, 6.45) is 0. The molecule has 3 N–H and O–H groups in total. The normalized spacial score (nSPS) is 10.7. The first-order chi connectivity index (χ1) is 3.68. The van der Waals surface area contributed by atoms with Gasteiger partial charge in [0.05, 0.1) is 7.05 Å². The monoisotopic (exact) mass is 157 g/mol. The number of quaternary nitrogens is 1. The summed E-state index contributed by atoms with van der Waals surface area (Å²) in [5.41, 5.74) is 0. The molecule has 0 aliphatic heterocycles. The Morgan fingerprint density at radius 3 is 1.22 bits per heavy atom. The Morgan fingerprint density at radius 2 is 1.22 bits per heavy atom. The number of aliphatic hydroxyl groups is 3. The van der Waals surface area contributed by atoms with Gasteiger partial charge in [-0.05, 0) is 0 Å². The number of aliphatic hydroxyl groups excluding tert-OH is 3. The maximum atomic E-state index is 8.44. The van der Waals surface area contributed by atoms with E-state index in [2.05, 4.69) is 0 Å². The molecule has 0 amide bonds. The van der Waals surface area contributed by atoms with E-state index in [-0.39, 0.29) is 37.1 Å². The highest BCUT2D eigenvalue weighted by Gasteiger charge is 2.15. The minimum atomic E-state index is -0.243. The molecule has 0 fully saturated rings. The van der Waals surface area contributed by atoms with Crippen LogP contribution in [-0.2, 0) is 0 Å². The van der Waals surface area contributed by atoms with E-state index in [9.17, 15) is 0 Å². The van der Waals surface area contributed by atoms with Crippen LogP contribution in [0.1, 0.15) is 0 Å². The third-order valence-corrected chi connectivity index (χ3v) is 1.02. The lowest BCUT2D eigenvalue weighted by Gasteiger charge is -2.25. The van der Waals surface area contributed by atoms with Crippen molar-refractivity contribution in [2.45, 2.75) is 0 Å². The molecule has 0 aliphatic carbocycles. The number of halogens is 1. The van der Waals surface area contributed by atoms with Gasteiger partial charge < -0.3 is 27.7 Å². The molecule has 0 spiro atoms. The van der Waals surface area contributed by atoms with Crippen molar-refractivity contribution in [3.05, 3.63) is 0 Å². The molecule has 0 aromatic heterocycles. The number of rotatable bonds is 3. The smallest absolute Gasteiger partial charge is 0.183 e. The van der Waals surface area contributed by atoms with Crippen LogP contribution in [0.5, 0.6) is 0 Å². The van der Waals surface area contributed by atoms with Gasteiger partial charge in [0.2, 0.25) is 0 Å². The summed E-state index contributed by atoms with van der Waals surface area (Å²) in [5, 5.41) is 25.3. The SMILES string of the molecule is C[N+](CO)(CO)CO.[Cl-]. The Labute approximate surface area is 60.3 Å². The van der Waals surface area contributed by atoms with Gasteiger partial charge in [0.15, 0.2) is 20.2 Å². The first-order valence-corrected chi connectivity index (χ1v) is 2.34. The van der Waals surface area contributed by atoms with Gasteiger partial charge in [-0.1, -0.05) is 0 Å². The summed E-state index contributed by atoms with van der Waals surface area (Å²) in [6, 6.07) is 0. The van der Waals surface area contributed by atoms with E-state index in [1.54, 1.807) is 7.05 Å². The third-order valence-electron chi connectivity index (χ3n) is 1.02. The van der Waals surface area contributed by atoms with Crippen LogP contribution in [0, 0.1) is 0 Å². The fraction of sp³-hybridized carbons (Fsp3) is 1.00. The molecule has 9 heavy (non-hydrogen) atoms. The van der Waals surface area contributed by atoms with Crippen molar-refractivity contribution in [2.24, 2.45) is 0 Å². The second-order valence-corrected chi connectivity index (χ2v) is 2.04. The van der Waals surface area contributed by atoms with Crippen LogP contribution in [0.15, 0.2) is 0 Å². The van der Waals surface area contributed by atoms with Crippen LogP contribution in [0.25, 0.3) is 0 Å². The van der Waals surface area contributed by atoms with Crippen LogP contribution < -0.4 is 12.4 Å². The van der Waals surface area contributed by atoms with Gasteiger partial charge in [0.25, 0.3) is 0 Å². The van der Waals surface area contributed by atoms with Crippen molar-refractivity contribution in [1.82, 2.24) is 0 Å². The zero-order chi connectivity index (χ0) is 6.62. The lowest BCUT2D eigenvalue weighted by molar-refractivity contribution is -0.959. The number of hydrogen-bond acceptors (Lipinski definition) is 3. The second kappa shape index (κ2) is 4.96. The molecule has 0 aliphatic rings. The molecule has 0 aromatic rings. The zero-order valence-electron chi connectivity index (χ0n) is 5.29. The van der Waals surface area contributed by atoms with E-state index < -0.39 is 0 Å². The Morgan fingerprint density at radius 1 is 1.00 bits per heavy atom. The van der Waals surface area contributed by atoms with Gasteiger partial charge in [-0.2, -0.15) is 0 Å². The molecule has 0 rings (SSSR count). The first kappa shape index (κ1) is 11.9. The Hall–Kier alpha value is 0.130. The molecule has 0 aromatic carbocycles. The Balaban J connectivity index is 0. The highest BCUT2D eigenvalue weighted by atomic mass is 35.5. The molecule has 0 heterocycles. The maximum absolute atomic E-state index is 8.44. The lowest BCUT2D eigenvalue weighted by atomic mass is 10.7. The van der Waals surface area contributed by atoms with Crippen molar-refractivity contribution < 1.29 is 32.2 Å². The van der Waals surface area contributed by atoms with Gasteiger partial charge in [-0.3, -0.25) is 4.48 Å². The molecule has 0 bridgehead atoms. The van der Waals surface area contributed by atoms with E-state index in [1.807, 2.05) is 0 Å². The van der Waals surface area contributed by atoms with Gasteiger partial charge in [0.1, 0.15) is 0 Å².